The van der Waals surface area contributed by atoms with Crippen LogP contribution in [0.25, 0.3) is 33.7 Å². The van der Waals surface area contributed by atoms with E-state index in [1.54, 1.807) is 0 Å². The van der Waals surface area contributed by atoms with Crippen LogP contribution in [-0.4, -0.2) is 8.07 Å². The molecular weight excluding hydrogens is 364 g/mol. The van der Waals surface area contributed by atoms with Crippen LogP contribution in [0.5, 0.6) is 0 Å². The predicted molar refractivity (Wildman–Crippen MR) is 129 cm³/mol. The fourth-order valence-corrected chi connectivity index (χ4v) is 9.30. The first-order valence-electron chi connectivity index (χ1n) is 10.5. The molecule has 0 aliphatic heterocycles. The third kappa shape index (κ3) is 2.37. The van der Waals surface area contributed by atoms with Gasteiger partial charge in [0.1, 0.15) is 0 Å². The maximum absolute atomic E-state index is 2.57. The molecule has 0 spiro atoms. The van der Waals surface area contributed by atoms with Crippen LogP contribution in [0, 0.1) is 0 Å². The van der Waals surface area contributed by atoms with Crippen molar-refractivity contribution in [2.75, 3.05) is 0 Å². The van der Waals surface area contributed by atoms with E-state index >= 15 is 0 Å². The van der Waals surface area contributed by atoms with Crippen LogP contribution >= 0.6 is 0 Å². The standard InChI is InChI=1S/C28H24Si/c1-29(2,27-17-15-23-21-9-5-3-7-19(21)11-13-25(23)27)28-18-16-24-22-10-6-4-8-20(22)12-14-26(24)28/h3-18,27-28H,1-2H3/t27-,28-/m1/s1. The molecule has 140 valence electrons. The van der Waals surface area contributed by atoms with Crippen LogP contribution in [0.3, 0.4) is 0 Å². The second kappa shape index (κ2) is 6.05. The van der Waals surface area contributed by atoms with Crippen LogP contribution in [0.4, 0.5) is 0 Å². The molecule has 6 rings (SSSR count). The van der Waals surface area contributed by atoms with E-state index in [-0.39, 0.29) is 0 Å². The number of rotatable bonds is 2. The van der Waals surface area contributed by atoms with Crippen LogP contribution in [0.2, 0.25) is 13.1 Å². The van der Waals surface area contributed by atoms with Gasteiger partial charge in [-0.1, -0.05) is 110 Å². The summed E-state index contributed by atoms with van der Waals surface area (Å²) in [5.74, 6) is 0. The largest absolute Gasteiger partial charge is 0.0791 e. The molecule has 4 aromatic carbocycles. The first kappa shape index (κ1) is 17.0. The van der Waals surface area contributed by atoms with Gasteiger partial charge >= 0.3 is 0 Å². The molecule has 2 atom stereocenters. The van der Waals surface area contributed by atoms with Gasteiger partial charge in [-0.2, -0.15) is 0 Å². The van der Waals surface area contributed by atoms with Gasteiger partial charge in [0.2, 0.25) is 0 Å². The predicted octanol–water partition coefficient (Wildman–Crippen LogP) is 7.70. The van der Waals surface area contributed by atoms with Gasteiger partial charge in [0.25, 0.3) is 0 Å². The summed E-state index contributed by atoms with van der Waals surface area (Å²) < 4.78 is 0. The van der Waals surface area contributed by atoms with E-state index in [4.69, 9.17) is 0 Å². The zero-order valence-corrected chi connectivity index (χ0v) is 17.9. The molecule has 0 fully saturated rings. The molecule has 2 aliphatic rings. The third-order valence-corrected chi connectivity index (χ3v) is 11.4. The topological polar surface area (TPSA) is 0 Å². The van der Waals surface area contributed by atoms with Crippen molar-refractivity contribution in [3.05, 3.63) is 107 Å². The van der Waals surface area contributed by atoms with Gasteiger partial charge in [-0.15, -0.1) is 0 Å². The van der Waals surface area contributed by atoms with Crippen LogP contribution in [-0.2, 0) is 0 Å². The van der Waals surface area contributed by atoms with Gasteiger partial charge < -0.3 is 0 Å². The summed E-state index contributed by atoms with van der Waals surface area (Å²) in [6.07, 6.45) is 9.76. The Kier molecular flexibility index (Phi) is 3.54. The molecule has 2 aliphatic carbocycles. The summed E-state index contributed by atoms with van der Waals surface area (Å²) in [6.45, 7) is 5.15. The van der Waals surface area contributed by atoms with Gasteiger partial charge in [-0.25, -0.2) is 0 Å². The highest BCUT2D eigenvalue weighted by molar-refractivity contribution is 6.81. The minimum absolute atomic E-state index is 0.550. The highest BCUT2D eigenvalue weighted by Gasteiger charge is 2.43. The average molecular weight is 389 g/mol. The zero-order valence-electron chi connectivity index (χ0n) is 16.9. The summed E-state index contributed by atoms with van der Waals surface area (Å²) >= 11 is 0. The first-order valence-corrected chi connectivity index (χ1v) is 13.7. The molecule has 0 bridgehead atoms. The number of hydrogen-bond acceptors (Lipinski definition) is 0. The Morgan fingerprint density at radius 3 is 1.48 bits per heavy atom. The van der Waals surface area contributed by atoms with E-state index < -0.39 is 8.07 Å². The molecule has 0 amide bonds. The molecule has 0 radical (unpaired) electrons. The van der Waals surface area contributed by atoms with E-state index in [2.05, 4.69) is 110 Å². The molecular formula is C28H24Si. The van der Waals surface area contributed by atoms with E-state index in [1.165, 1.54) is 43.8 Å². The Morgan fingerprint density at radius 2 is 1.00 bits per heavy atom. The highest BCUT2D eigenvalue weighted by atomic mass is 28.3. The van der Waals surface area contributed by atoms with E-state index in [1.807, 2.05) is 0 Å². The molecule has 0 aromatic heterocycles. The molecule has 4 aromatic rings. The fraction of sp³-hybridized carbons (Fsp3) is 0.143. The number of allylic oxidation sites excluding steroid dienone is 2. The Hall–Kier alpha value is -2.90. The summed E-state index contributed by atoms with van der Waals surface area (Å²) in [4.78, 5) is 0. The smallest absolute Gasteiger partial charge is 0.0715 e. The van der Waals surface area contributed by atoms with Crippen LogP contribution < -0.4 is 0 Å². The molecule has 0 N–H and O–H groups in total. The number of benzene rings is 4. The fourth-order valence-electron chi connectivity index (χ4n) is 5.62. The van der Waals surface area contributed by atoms with Crippen molar-refractivity contribution < 1.29 is 0 Å². The van der Waals surface area contributed by atoms with Gasteiger partial charge in [0.05, 0.1) is 8.07 Å². The van der Waals surface area contributed by atoms with Crippen molar-refractivity contribution in [2.45, 2.75) is 24.2 Å². The van der Waals surface area contributed by atoms with Crippen LogP contribution in [0.15, 0.2) is 84.9 Å². The Labute approximate surface area is 173 Å². The monoisotopic (exact) mass is 388 g/mol. The average Bonchev–Trinajstić information content (AvgIpc) is 3.39. The molecule has 1 heteroatoms. The molecule has 0 saturated heterocycles. The summed E-state index contributed by atoms with van der Waals surface area (Å²) in [6, 6.07) is 27.0. The quantitative estimate of drug-likeness (QED) is 0.309. The minimum atomic E-state index is -1.69. The Morgan fingerprint density at radius 1 is 0.552 bits per heavy atom. The SMILES string of the molecule is C[Si](C)([C@@H]1C=Cc2c1ccc1ccccc21)[C@@H]1C=Cc2c1ccc1ccccc21. The Bertz CT molecular complexity index is 1240. The lowest BCUT2D eigenvalue weighted by atomic mass is 10.0. The van der Waals surface area contributed by atoms with E-state index in [0.29, 0.717) is 11.1 Å². The van der Waals surface area contributed by atoms with Crippen molar-refractivity contribution in [3.8, 4) is 0 Å². The molecule has 0 heterocycles. The second-order valence-electron chi connectivity index (χ2n) is 9.07. The van der Waals surface area contributed by atoms with E-state index in [0.717, 1.165) is 0 Å². The maximum atomic E-state index is 2.57. The number of fused-ring (bicyclic) bond motifs is 6. The normalized spacial score (nSPS) is 19.8. The van der Waals surface area contributed by atoms with Gasteiger partial charge in [-0.05, 0) is 54.9 Å². The summed E-state index contributed by atoms with van der Waals surface area (Å²) in [5.41, 5.74) is 7.04. The number of hydrogen-bond donors (Lipinski definition) is 0. The zero-order chi connectivity index (χ0) is 19.6. The van der Waals surface area contributed by atoms with Crippen LogP contribution in [0.1, 0.15) is 33.3 Å². The first-order chi connectivity index (χ1) is 14.1. The van der Waals surface area contributed by atoms with E-state index in [9.17, 15) is 0 Å². The molecule has 29 heavy (non-hydrogen) atoms. The minimum Gasteiger partial charge on any atom is -0.0791 e. The van der Waals surface area contributed by atoms with Crippen molar-refractivity contribution in [1.82, 2.24) is 0 Å². The van der Waals surface area contributed by atoms with Gasteiger partial charge in [0.15, 0.2) is 0 Å². The van der Waals surface area contributed by atoms with Crippen molar-refractivity contribution in [2.24, 2.45) is 0 Å². The summed E-state index contributed by atoms with van der Waals surface area (Å²) in [5, 5.41) is 5.46. The van der Waals surface area contributed by atoms with Crippen molar-refractivity contribution in [1.29, 1.82) is 0 Å². The lowest BCUT2D eigenvalue weighted by Crippen LogP contribution is -2.39. The molecule has 0 nitrogen and oxygen atoms in total. The lowest BCUT2D eigenvalue weighted by Gasteiger charge is -2.35. The van der Waals surface area contributed by atoms with Crippen molar-refractivity contribution in [3.63, 3.8) is 0 Å². The summed E-state index contributed by atoms with van der Waals surface area (Å²) in [7, 11) is -1.69. The second-order valence-corrected chi connectivity index (χ2v) is 14.0. The highest BCUT2D eigenvalue weighted by Crippen LogP contribution is 2.49. The Balaban J connectivity index is 1.46. The van der Waals surface area contributed by atoms with Crippen molar-refractivity contribution >= 4 is 41.8 Å². The van der Waals surface area contributed by atoms with Gasteiger partial charge in [0, 0.05) is 0 Å². The molecule has 0 saturated carbocycles. The maximum Gasteiger partial charge on any atom is 0.0715 e. The lowest BCUT2D eigenvalue weighted by molar-refractivity contribution is 1.05. The molecule has 0 unspecified atom stereocenters. The van der Waals surface area contributed by atoms with Gasteiger partial charge in [-0.3, -0.25) is 0 Å². The third-order valence-electron chi connectivity index (χ3n) is 7.19.